The van der Waals surface area contributed by atoms with E-state index in [9.17, 15) is 24.1 Å². The van der Waals surface area contributed by atoms with Crippen LogP contribution in [0.4, 0.5) is 4.39 Å². The summed E-state index contributed by atoms with van der Waals surface area (Å²) in [6.07, 6.45) is -4.38. The van der Waals surface area contributed by atoms with Crippen LogP contribution in [0.25, 0.3) is 0 Å². The van der Waals surface area contributed by atoms with Gasteiger partial charge in [-0.05, 0) is 32.9 Å². The molecule has 0 unspecified atom stereocenters. The first-order chi connectivity index (χ1) is 18.5. The van der Waals surface area contributed by atoms with Gasteiger partial charge < -0.3 is 19.1 Å². The second-order valence-corrected chi connectivity index (χ2v) is 9.28. The predicted molar refractivity (Wildman–Crippen MR) is 121 cm³/mol. The Bertz CT molecular complexity index is 1430. The highest BCUT2D eigenvalue weighted by atomic mass is 31.2. The van der Waals surface area contributed by atoms with E-state index in [2.05, 4.69) is 5.09 Å². The molecule has 1 fully saturated rings. The zero-order chi connectivity index (χ0) is 30.2. The van der Waals surface area contributed by atoms with E-state index < -0.39 is 97.7 Å². The van der Waals surface area contributed by atoms with Gasteiger partial charge in [-0.15, -0.1) is 0 Å². The van der Waals surface area contributed by atoms with Gasteiger partial charge in [-0.25, -0.2) is 13.8 Å². The Hall–Kier alpha value is -2.83. The second-order valence-electron chi connectivity index (χ2n) is 7.58. The topological polar surface area (TPSA) is 158 Å². The molecule has 35 heavy (non-hydrogen) atoms. The van der Waals surface area contributed by atoms with Crippen molar-refractivity contribution < 1.29 is 44.2 Å². The maximum absolute atomic E-state index is 15.5. The molecule has 0 radical (unpaired) electrons. The normalized spacial score (nSPS) is 28.6. The van der Waals surface area contributed by atoms with Gasteiger partial charge in [0.2, 0.25) is 0 Å². The van der Waals surface area contributed by atoms with Crippen molar-refractivity contribution >= 4 is 13.7 Å². The summed E-state index contributed by atoms with van der Waals surface area (Å²) >= 11 is 0. The van der Waals surface area contributed by atoms with Gasteiger partial charge in [-0.3, -0.25) is 23.7 Å². The van der Waals surface area contributed by atoms with Gasteiger partial charge in [0.25, 0.3) is 5.56 Å². The number of carbonyl (C=O) groups excluding carboxylic acids is 1. The molecular weight excluding hydrogens is 488 g/mol. The minimum atomic E-state index is -4.86. The zero-order valence-corrected chi connectivity index (χ0v) is 19.8. The second kappa shape index (κ2) is 10.8. The molecule has 12 nitrogen and oxygen atoms in total. The quantitative estimate of drug-likeness (QED) is 0.308. The van der Waals surface area contributed by atoms with Gasteiger partial charge in [-0.1, -0.05) is 18.1 Å². The van der Waals surface area contributed by atoms with Crippen LogP contribution < -0.4 is 20.9 Å². The molecule has 1 aromatic carbocycles. The minimum Gasteiger partial charge on any atom is -0.465 e. The SMILES string of the molecule is [2H]c1c([2H])c([2H])c(O[P@](=O)(N[C@@H](C)C(=O)OCC)OC[C@H]2O[C@@H](n3ccc(=O)[nH]c3=O)[C@](C)(F)[C@@H]2O)c([2H])c1[2H]. The lowest BCUT2D eigenvalue weighted by Crippen LogP contribution is -2.43. The number of ether oxygens (including phenoxy) is 2. The smallest absolute Gasteiger partial charge is 0.459 e. The molecule has 1 aliphatic heterocycles. The number of aromatic amines is 1. The molecule has 2 heterocycles. The summed E-state index contributed by atoms with van der Waals surface area (Å²) in [5.41, 5.74) is -4.41. The van der Waals surface area contributed by atoms with Crippen LogP contribution in [0, 0.1) is 0 Å². The third-order valence-corrected chi connectivity index (χ3v) is 6.53. The molecule has 0 amide bonds. The van der Waals surface area contributed by atoms with Crippen LogP contribution in [-0.4, -0.2) is 57.8 Å². The first-order valence-corrected chi connectivity index (χ1v) is 11.9. The van der Waals surface area contributed by atoms with Crippen LogP contribution in [0.1, 0.15) is 33.9 Å². The molecule has 192 valence electrons. The van der Waals surface area contributed by atoms with Crippen LogP contribution in [0.2, 0.25) is 0 Å². The Kier molecular flexibility index (Phi) is 6.31. The van der Waals surface area contributed by atoms with Gasteiger partial charge in [-0.2, -0.15) is 5.09 Å². The number of esters is 1. The number of halogens is 1. The first-order valence-electron chi connectivity index (χ1n) is 12.8. The van der Waals surface area contributed by atoms with Gasteiger partial charge in [0.1, 0.15) is 24.0 Å². The number of rotatable bonds is 10. The van der Waals surface area contributed by atoms with E-state index in [1.807, 2.05) is 4.98 Å². The van der Waals surface area contributed by atoms with Gasteiger partial charge in [0, 0.05) is 12.3 Å². The van der Waals surface area contributed by atoms with Crippen molar-refractivity contribution in [2.75, 3.05) is 13.2 Å². The van der Waals surface area contributed by atoms with Crippen LogP contribution >= 0.6 is 7.75 Å². The molecule has 0 saturated carbocycles. The number of aliphatic hydroxyl groups is 1. The van der Waals surface area contributed by atoms with E-state index in [-0.39, 0.29) is 6.61 Å². The Morgan fingerprint density at radius 3 is 2.74 bits per heavy atom. The molecule has 0 bridgehead atoms. The van der Waals surface area contributed by atoms with E-state index in [4.69, 9.17) is 25.4 Å². The van der Waals surface area contributed by atoms with Crippen LogP contribution in [0.5, 0.6) is 5.75 Å². The standard InChI is InChI=1S/C21H27FN3O9P/c1-4-31-18(28)13(2)24-35(30,34-14-8-6-5-7-9-14)32-12-15-17(27)21(3,22)19(33-15)25-11-10-16(26)23-20(25)29/h5-11,13,15,17,19,27H,4,12H2,1-3H3,(H,24,30)(H,23,26,29)/t13-,15+,17+,19+,21+,35-/m0/s1/i5D,6D,7D,8D,9D. The summed E-state index contributed by atoms with van der Waals surface area (Å²) in [5.74, 6) is -1.78. The molecule has 6 atom stereocenters. The van der Waals surface area contributed by atoms with Crippen molar-refractivity contribution in [3.63, 3.8) is 0 Å². The third-order valence-electron chi connectivity index (χ3n) is 4.91. The van der Waals surface area contributed by atoms with Crippen molar-refractivity contribution in [2.45, 2.75) is 50.9 Å². The van der Waals surface area contributed by atoms with Crippen molar-refractivity contribution in [1.29, 1.82) is 0 Å². The average Bonchev–Trinajstić information content (AvgIpc) is 3.11. The molecule has 1 aliphatic rings. The number of hydrogen-bond acceptors (Lipinski definition) is 9. The summed E-state index contributed by atoms with van der Waals surface area (Å²) in [6.45, 7) is 2.72. The number of nitrogens with one attached hydrogen (secondary N) is 2. The summed E-state index contributed by atoms with van der Waals surface area (Å²) in [6, 6.07) is -4.54. The predicted octanol–water partition coefficient (Wildman–Crippen LogP) is 1.27. The summed E-state index contributed by atoms with van der Waals surface area (Å²) in [4.78, 5) is 37.7. The number of nitrogens with zero attached hydrogens (tertiary/aromatic N) is 1. The van der Waals surface area contributed by atoms with Crippen LogP contribution in [-0.2, 0) is 23.4 Å². The van der Waals surface area contributed by atoms with E-state index in [1.54, 1.807) is 0 Å². The Labute approximate surface area is 206 Å². The number of para-hydroxylation sites is 1. The van der Waals surface area contributed by atoms with E-state index in [0.29, 0.717) is 4.57 Å². The fourth-order valence-electron chi connectivity index (χ4n) is 3.19. The number of aromatic nitrogens is 2. The van der Waals surface area contributed by atoms with Gasteiger partial charge >= 0.3 is 19.4 Å². The van der Waals surface area contributed by atoms with Crippen LogP contribution in [0.3, 0.4) is 0 Å². The molecule has 1 saturated heterocycles. The van der Waals surface area contributed by atoms with Crippen LogP contribution in [0.15, 0.2) is 52.1 Å². The molecule has 2 aromatic rings. The lowest BCUT2D eigenvalue weighted by molar-refractivity contribution is -0.144. The fraction of sp³-hybridized carbons (Fsp3) is 0.476. The lowest BCUT2D eigenvalue weighted by Gasteiger charge is -2.25. The highest BCUT2D eigenvalue weighted by Crippen LogP contribution is 2.47. The Morgan fingerprint density at radius 1 is 1.43 bits per heavy atom. The molecular formula is C21H27FN3O9P. The molecule has 14 heteroatoms. The van der Waals surface area contributed by atoms with Crippen molar-refractivity contribution in [2.24, 2.45) is 0 Å². The summed E-state index contributed by atoms with van der Waals surface area (Å²) in [5, 5.41) is 12.8. The third kappa shape index (κ3) is 6.24. The fourth-order valence-corrected chi connectivity index (χ4v) is 4.62. The minimum absolute atomic E-state index is 0.0390. The monoisotopic (exact) mass is 520 g/mol. The van der Waals surface area contributed by atoms with Gasteiger partial charge in [0.15, 0.2) is 11.9 Å². The number of hydrogen-bond donors (Lipinski definition) is 3. The molecule has 3 rings (SSSR count). The Morgan fingerprint density at radius 2 is 2.11 bits per heavy atom. The molecule has 0 aliphatic carbocycles. The first kappa shape index (κ1) is 20.4. The maximum atomic E-state index is 15.5. The number of aliphatic hydroxyl groups excluding tert-OH is 1. The maximum Gasteiger partial charge on any atom is 0.459 e. The van der Waals surface area contributed by atoms with Gasteiger partial charge in [0.05, 0.1) is 20.1 Å². The lowest BCUT2D eigenvalue weighted by atomic mass is 9.98. The van der Waals surface area contributed by atoms with E-state index in [0.717, 1.165) is 19.2 Å². The highest BCUT2D eigenvalue weighted by Gasteiger charge is 2.55. The van der Waals surface area contributed by atoms with Crippen molar-refractivity contribution in [3.8, 4) is 5.75 Å². The number of H-pyrrole nitrogens is 1. The molecule has 3 N–H and O–H groups in total. The highest BCUT2D eigenvalue weighted by molar-refractivity contribution is 7.52. The van der Waals surface area contributed by atoms with Crippen molar-refractivity contribution in [3.05, 3.63) is 63.3 Å². The molecule has 0 spiro atoms. The Balaban J connectivity index is 1.93. The number of carbonyl (C=O) groups is 1. The average molecular weight is 520 g/mol. The molecule has 1 aromatic heterocycles. The van der Waals surface area contributed by atoms with Crippen molar-refractivity contribution in [1.82, 2.24) is 14.6 Å². The number of alkyl halides is 1. The number of benzene rings is 1. The summed E-state index contributed by atoms with van der Waals surface area (Å²) in [7, 11) is -4.86. The van der Waals surface area contributed by atoms with E-state index >= 15 is 4.39 Å². The summed E-state index contributed by atoms with van der Waals surface area (Å²) < 4.78 is 90.2. The zero-order valence-electron chi connectivity index (χ0n) is 23.9. The largest absolute Gasteiger partial charge is 0.465 e. The van der Waals surface area contributed by atoms with E-state index in [1.165, 1.54) is 13.8 Å².